The average Bonchev–Trinajstić information content (AvgIpc) is 3.23. The predicted molar refractivity (Wildman–Crippen MR) is 106 cm³/mol. The van der Waals surface area contributed by atoms with Crippen LogP contribution in [0, 0.1) is 0 Å². The Morgan fingerprint density at radius 3 is 2.07 bits per heavy atom. The topological polar surface area (TPSA) is 55.6 Å². The molecule has 0 saturated carbocycles. The molecule has 1 aliphatic heterocycles. The summed E-state index contributed by atoms with van der Waals surface area (Å²) in [4.78, 5) is 0. The second-order valence-corrected chi connectivity index (χ2v) is 6.45. The first-order valence-electron chi connectivity index (χ1n) is 8.86. The van der Waals surface area contributed by atoms with Crippen LogP contribution in [-0.2, 0) is 0 Å². The molecule has 5 nitrogen and oxygen atoms in total. The summed E-state index contributed by atoms with van der Waals surface area (Å²) < 4.78 is 1.80. The highest BCUT2D eigenvalue weighted by atomic mass is 15.6. The predicted octanol–water partition coefficient (Wildman–Crippen LogP) is 4.40. The third-order valence-electron chi connectivity index (χ3n) is 4.77. The summed E-state index contributed by atoms with van der Waals surface area (Å²) in [6.07, 6.45) is 2.16. The van der Waals surface area contributed by atoms with Crippen molar-refractivity contribution in [1.29, 1.82) is 0 Å². The van der Waals surface area contributed by atoms with Gasteiger partial charge in [-0.2, -0.15) is 4.68 Å². The maximum absolute atomic E-state index is 4.14. The number of anilines is 1. The van der Waals surface area contributed by atoms with Crippen LogP contribution >= 0.6 is 0 Å². The van der Waals surface area contributed by atoms with E-state index in [9.17, 15) is 0 Å². The summed E-state index contributed by atoms with van der Waals surface area (Å²) in [5.41, 5.74) is 5.66. The fourth-order valence-corrected chi connectivity index (χ4v) is 3.38. The molecule has 1 atom stereocenters. The van der Waals surface area contributed by atoms with Crippen LogP contribution in [0.4, 0.5) is 5.95 Å². The molecule has 0 bridgehead atoms. The lowest BCUT2D eigenvalue weighted by Gasteiger charge is -2.23. The first-order valence-corrected chi connectivity index (χ1v) is 8.86. The zero-order valence-corrected chi connectivity index (χ0v) is 14.5. The van der Waals surface area contributed by atoms with E-state index < -0.39 is 0 Å². The van der Waals surface area contributed by atoms with Gasteiger partial charge in [0.05, 0.1) is 0 Å². The van der Waals surface area contributed by atoms with E-state index in [1.54, 1.807) is 4.68 Å². The lowest BCUT2D eigenvalue weighted by molar-refractivity contribution is 0.586. The van der Waals surface area contributed by atoms with Gasteiger partial charge in [-0.3, -0.25) is 0 Å². The minimum atomic E-state index is -0.0405. The number of nitrogens with zero attached hydrogens (tertiary/aromatic N) is 4. The Labute approximate surface area is 157 Å². The molecule has 0 fully saturated rings. The Morgan fingerprint density at radius 2 is 1.33 bits per heavy atom. The van der Waals surface area contributed by atoms with Crippen molar-refractivity contribution in [2.45, 2.75) is 6.04 Å². The van der Waals surface area contributed by atoms with Crippen LogP contribution < -0.4 is 5.32 Å². The fourth-order valence-electron chi connectivity index (χ4n) is 3.38. The zero-order chi connectivity index (χ0) is 18.1. The van der Waals surface area contributed by atoms with Crippen molar-refractivity contribution in [2.75, 3.05) is 5.32 Å². The summed E-state index contributed by atoms with van der Waals surface area (Å²) in [5, 5.41) is 15.4. The first kappa shape index (κ1) is 15.5. The maximum atomic E-state index is 4.14. The number of hydrogen-bond acceptors (Lipinski definition) is 4. The van der Waals surface area contributed by atoms with Gasteiger partial charge in [-0.15, -0.1) is 0 Å². The summed E-state index contributed by atoms with van der Waals surface area (Å²) in [7, 11) is 0. The van der Waals surface area contributed by atoms with Crippen LogP contribution in [0.15, 0.2) is 91.0 Å². The number of fused-ring (bicyclic) bond motifs is 1. The van der Waals surface area contributed by atoms with Crippen LogP contribution in [0.2, 0.25) is 0 Å². The van der Waals surface area contributed by atoms with Crippen molar-refractivity contribution >= 4 is 11.6 Å². The number of tetrazole rings is 1. The Bertz CT molecular complexity index is 1080. The molecule has 0 radical (unpaired) electrons. The summed E-state index contributed by atoms with van der Waals surface area (Å²) in [6.45, 7) is 0. The highest BCUT2D eigenvalue weighted by Crippen LogP contribution is 2.32. The second kappa shape index (κ2) is 6.53. The van der Waals surface area contributed by atoms with Gasteiger partial charge in [0.1, 0.15) is 6.04 Å². The van der Waals surface area contributed by atoms with Crippen LogP contribution in [0.1, 0.15) is 17.2 Å². The third kappa shape index (κ3) is 2.89. The Hall–Kier alpha value is -3.73. The molecule has 5 rings (SSSR count). The highest BCUT2D eigenvalue weighted by Gasteiger charge is 2.24. The molecule has 0 amide bonds. The monoisotopic (exact) mass is 351 g/mol. The van der Waals surface area contributed by atoms with Crippen molar-refractivity contribution in [3.8, 4) is 11.1 Å². The Kier molecular flexibility index (Phi) is 3.76. The van der Waals surface area contributed by atoms with Crippen molar-refractivity contribution < 1.29 is 0 Å². The van der Waals surface area contributed by atoms with E-state index in [1.807, 2.05) is 24.3 Å². The molecule has 5 heteroatoms. The molecule has 27 heavy (non-hydrogen) atoms. The number of nitrogens with one attached hydrogen (secondary N) is 1. The highest BCUT2D eigenvalue weighted by molar-refractivity contribution is 5.78. The maximum Gasteiger partial charge on any atom is 0.248 e. The van der Waals surface area contributed by atoms with E-state index in [0.29, 0.717) is 5.95 Å². The molecule has 3 aromatic carbocycles. The van der Waals surface area contributed by atoms with Gasteiger partial charge in [0.25, 0.3) is 0 Å². The van der Waals surface area contributed by atoms with Crippen molar-refractivity contribution in [2.24, 2.45) is 0 Å². The number of aromatic nitrogens is 4. The van der Waals surface area contributed by atoms with Crippen LogP contribution in [0.3, 0.4) is 0 Å². The molecular weight excluding hydrogens is 334 g/mol. The Balaban J connectivity index is 1.52. The fraction of sp³-hybridized carbons (Fsp3) is 0.0455. The van der Waals surface area contributed by atoms with Gasteiger partial charge >= 0.3 is 0 Å². The van der Waals surface area contributed by atoms with Gasteiger partial charge in [0.15, 0.2) is 0 Å². The van der Waals surface area contributed by atoms with Crippen molar-refractivity contribution in [3.05, 3.63) is 102 Å². The average molecular weight is 351 g/mol. The molecular formula is C22H17N5. The minimum Gasteiger partial charge on any atom is -0.323 e. The quantitative estimate of drug-likeness (QED) is 0.594. The van der Waals surface area contributed by atoms with Gasteiger partial charge in [-0.1, -0.05) is 90.0 Å². The van der Waals surface area contributed by atoms with E-state index in [0.717, 1.165) is 16.8 Å². The third-order valence-corrected chi connectivity index (χ3v) is 4.77. The van der Waals surface area contributed by atoms with E-state index in [1.165, 1.54) is 11.1 Å². The van der Waals surface area contributed by atoms with E-state index in [2.05, 4.69) is 87.6 Å². The molecule has 0 spiro atoms. The number of hydrogen-bond donors (Lipinski definition) is 1. The van der Waals surface area contributed by atoms with Crippen molar-refractivity contribution in [1.82, 2.24) is 20.2 Å². The van der Waals surface area contributed by atoms with E-state index in [4.69, 9.17) is 0 Å². The largest absolute Gasteiger partial charge is 0.323 e. The molecule has 1 aliphatic rings. The van der Waals surface area contributed by atoms with Crippen LogP contribution in [-0.4, -0.2) is 20.2 Å². The number of benzene rings is 3. The van der Waals surface area contributed by atoms with Gasteiger partial charge in [-0.05, 0) is 38.8 Å². The zero-order valence-electron chi connectivity index (χ0n) is 14.5. The summed E-state index contributed by atoms with van der Waals surface area (Å²) in [6, 6.07) is 29.1. The van der Waals surface area contributed by atoms with E-state index in [-0.39, 0.29) is 6.04 Å². The smallest absolute Gasteiger partial charge is 0.248 e. The molecule has 2 heterocycles. The van der Waals surface area contributed by atoms with Gasteiger partial charge < -0.3 is 5.32 Å². The molecule has 4 aromatic rings. The normalized spacial score (nSPS) is 15.6. The SMILES string of the molecule is C1=C(c2ccc(-c3ccccc3)cc2)Nc2nnnn2[C@@H]1c1ccccc1. The van der Waals surface area contributed by atoms with Crippen molar-refractivity contribution in [3.63, 3.8) is 0 Å². The number of allylic oxidation sites excluding steroid dienone is 1. The number of rotatable bonds is 3. The molecule has 1 N–H and O–H groups in total. The summed E-state index contributed by atoms with van der Waals surface area (Å²) in [5.74, 6) is 0.647. The van der Waals surface area contributed by atoms with Crippen LogP contribution in [0.25, 0.3) is 16.8 Å². The molecule has 0 aliphatic carbocycles. The lowest BCUT2D eigenvalue weighted by atomic mass is 9.99. The van der Waals surface area contributed by atoms with Gasteiger partial charge in [0, 0.05) is 5.70 Å². The molecule has 1 aromatic heterocycles. The Morgan fingerprint density at radius 1 is 0.704 bits per heavy atom. The lowest BCUT2D eigenvalue weighted by Crippen LogP contribution is -2.20. The van der Waals surface area contributed by atoms with Gasteiger partial charge in [-0.25, -0.2) is 0 Å². The summed E-state index contributed by atoms with van der Waals surface area (Å²) >= 11 is 0. The minimum absolute atomic E-state index is 0.0405. The first-order chi connectivity index (χ1) is 13.4. The van der Waals surface area contributed by atoms with Crippen LogP contribution in [0.5, 0.6) is 0 Å². The molecule has 0 saturated heterocycles. The second-order valence-electron chi connectivity index (χ2n) is 6.45. The van der Waals surface area contributed by atoms with E-state index >= 15 is 0 Å². The van der Waals surface area contributed by atoms with Gasteiger partial charge in [0.2, 0.25) is 5.95 Å². The standard InChI is InChI=1S/C22H17N5/c1-3-7-16(8-4-1)17-11-13-18(14-12-17)20-15-21(19-9-5-2-6-10-19)27-22(23-20)24-25-26-27/h1-15,21H,(H,23,24,26)/t21-/m0/s1. The molecule has 0 unspecified atom stereocenters. The molecule has 130 valence electrons.